The van der Waals surface area contributed by atoms with Gasteiger partial charge in [-0.3, -0.25) is 9.59 Å². The Hall–Kier alpha value is -1.88. The van der Waals surface area contributed by atoms with E-state index in [4.69, 9.17) is 9.84 Å². The number of nitrogens with one attached hydrogen (secondary N) is 1. The highest BCUT2D eigenvalue weighted by molar-refractivity contribution is 5.86. The van der Waals surface area contributed by atoms with Gasteiger partial charge in [-0.25, -0.2) is 0 Å². The second-order valence-corrected chi connectivity index (χ2v) is 7.58. The second kappa shape index (κ2) is 9.17. The molecule has 1 aromatic rings. The smallest absolute Gasteiger partial charge is 0.304 e. The molecule has 1 atom stereocenters. The van der Waals surface area contributed by atoms with Crippen molar-refractivity contribution in [3.8, 4) is 5.75 Å². The largest absolute Gasteiger partial charge is 0.494 e. The van der Waals surface area contributed by atoms with Crippen molar-refractivity contribution in [2.24, 2.45) is 11.8 Å². The molecule has 3 rings (SSSR count). The number of hydrogen-bond donors (Lipinski definition) is 2. The standard InChI is InChI=1S/C21H29NO4/c23-20-6-4-16-3-5-19(13-17(16)12-18(20)14-21(24)25)26-11-1-2-15-7-9-22-10-8-15/h3,5,13,15,18,22H,1-2,4,6-12,14H2,(H,24,25). The highest BCUT2D eigenvalue weighted by Gasteiger charge is 2.26. The van der Waals surface area contributed by atoms with Gasteiger partial charge in [0, 0.05) is 12.3 Å². The zero-order valence-corrected chi connectivity index (χ0v) is 15.3. The summed E-state index contributed by atoms with van der Waals surface area (Å²) in [5, 5.41) is 12.4. The van der Waals surface area contributed by atoms with Gasteiger partial charge in [0.05, 0.1) is 13.0 Å². The number of fused-ring (bicyclic) bond motifs is 1. The van der Waals surface area contributed by atoms with E-state index in [0.717, 1.165) is 42.3 Å². The van der Waals surface area contributed by atoms with Gasteiger partial charge in [0.15, 0.2) is 0 Å². The predicted octanol–water partition coefficient (Wildman–Crippen LogP) is 2.99. The minimum atomic E-state index is -0.905. The third-order valence-electron chi connectivity index (χ3n) is 5.65. The Morgan fingerprint density at radius 3 is 2.77 bits per heavy atom. The molecular weight excluding hydrogens is 330 g/mol. The molecule has 5 nitrogen and oxygen atoms in total. The molecule has 0 saturated carbocycles. The maximum atomic E-state index is 12.2. The van der Waals surface area contributed by atoms with E-state index in [-0.39, 0.29) is 12.2 Å². The molecule has 0 amide bonds. The average molecular weight is 359 g/mol. The van der Waals surface area contributed by atoms with Crippen molar-refractivity contribution >= 4 is 11.8 Å². The summed E-state index contributed by atoms with van der Waals surface area (Å²) < 4.78 is 5.93. The molecule has 1 aliphatic carbocycles. The summed E-state index contributed by atoms with van der Waals surface area (Å²) in [5.74, 6) is 0.390. The van der Waals surface area contributed by atoms with Crippen LogP contribution in [0.2, 0.25) is 0 Å². The lowest BCUT2D eigenvalue weighted by Gasteiger charge is -2.22. The van der Waals surface area contributed by atoms with Gasteiger partial charge in [-0.2, -0.15) is 0 Å². The van der Waals surface area contributed by atoms with E-state index in [1.165, 1.54) is 19.3 Å². The topological polar surface area (TPSA) is 75.6 Å². The number of carbonyl (C=O) groups is 2. The van der Waals surface area contributed by atoms with Crippen molar-refractivity contribution in [1.29, 1.82) is 0 Å². The van der Waals surface area contributed by atoms with E-state index in [1.807, 2.05) is 18.2 Å². The number of carboxylic acids is 1. The molecule has 142 valence electrons. The van der Waals surface area contributed by atoms with Crippen molar-refractivity contribution in [3.63, 3.8) is 0 Å². The molecular formula is C21H29NO4. The Kier molecular flexibility index (Phi) is 6.67. The summed E-state index contributed by atoms with van der Waals surface area (Å²) in [7, 11) is 0. The number of ketones is 1. The highest BCUT2D eigenvalue weighted by atomic mass is 16.5. The van der Waals surface area contributed by atoms with Crippen LogP contribution in [0.15, 0.2) is 18.2 Å². The average Bonchev–Trinajstić information content (AvgIpc) is 2.78. The summed E-state index contributed by atoms with van der Waals surface area (Å²) in [6, 6.07) is 6.02. The number of Topliss-reactive ketones (excluding diaryl/α,β-unsaturated/α-hetero) is 1. The Morgan fingerprint density at radius 2 is 2.00 bits per heavy atom. The SMILES string of the molecule is O=C(O)CC1Cc2cc(OCCCC3CCNCC3)ccc2CCC1=O. The fraction of sp³-hybridized carbons (Fsp3) is 0.619. The van der Waals surface area contributed by atoms with E-state index in [9.17, 15) is 9.59 Å². The number of benzene rings is 1. The summed E-state index contributed by atoms with van der Waals surface area (Å²) in [4.78, 5) is 23.2. The molecule has 0 radical (unpaired) electrons. The van der Waals surface area contributed by atoms with Crippen LogP contribution in [0.3, 0.4) is 0 Å². The van der Waals surface area contributed by atoms with Crippen LogP contribution in [0.1, 0.15) is 49.7 Å². The third kappa shape index (κ3) is 5.31. The van der Waals surface area contributed by atoms with Gasteiger partial charge in [-0.15, -0.1) is 0 Å². The van der Waals surface area contributed by atoms with Gasteiger partial charge in [0.25, 0.3) is 0 Å². The molecule has 1 fully saturated rings. The third-order valence-corrected chi connectivity index (χ3v) is 5.65. The van der Waals surface area contributed by atoms with Crippen LogP contribution in [0.4, 0.5) is 0 Å². The van der Waals surface area contributed by atoms with Crippen molar-refractivity contribution in [2.45, 2.75) is 51.4 Å². The van der Waals surface area contributed by atoms with E-state index >= 15 is 0 Å². The zero-order valence-electron chi connectivity index (χ0n) is 15.3. The van der Waals surface area contributed by atoms with Gasteiger partial charge in [-0.05, 0) is 80.8 Å². The molecule has 1 heterocycles. The minimum absolute atomic E-state index is 0.0630. The highest BCUT2D eigenvalue weighted by Crippen LogP contribution is 2.28. The number of hydrogen-bond acceptors (Lipinski definition) is 4. The monoisotopic (exact) mass is 359 g/mol. The van der Waals surface area contributed by atoms with E-state index in [1.54, 1.807) is 0 Å². The Balaban J connectivity index is 1.54. The fourth-order valence-electron chi connectivity index (χ4n) is 4.10. The first-order valence-corrected chi connectivity index (χ1v) is 9.81. The van der Waals surface area contributed by atoms with Gasteiger partial charge in [0.2, 0.25) is 0 Å². The molecule has 1 aliphatic heterocycles. The number of aliphatic carboxylic acids is 1. The summed E-state index contributed by atoms with van der Waals surface area (Å²) in [6.07, 6.45) is 6.34. The zero-order chi connectivity index (χ0) is 18.4. The van der Waals surface area contributed by atoms with Crippen LogP contribution in [0.25, 0.3) is 0 Å². The molecule has 1 unspecified atom stereocenters. The molecule has 2 N–H and O–H groups in total. The number of rotatable bonds is 7. The molecule has 1 saturated heterocycles. The van der Waals surface area contributed by atoms with Crippen molar-refractivity contribution in [2.75, 3.05) is 19.7 Å². The number of ether oxygens (including phenoxy) is 1. The first-order valence-electron chi connectivity index (χ1n) is 9.81. The summed E-state index contributed by atoms with van der Waals surface area (Å²) in [6.45, 7) is 2.97. The maximum Gasteiger partial charge on any atom is 0.304 e. The second-order valence-electron chi connectivity index (χ2n) is 7.58. The lowest BCUT2D eigenvalue weighted by Crippen LogP contribution is -2.27. The molecule has 0 spiro atoms. The summed E-state index contributed by atoms with van der Waals surface area (Å²) in [5.41, 5.74) is 2.21. The van der Waals surface area contributed by atoms with Gasteiger partial charge in [0.1, 0.15) is 11.5 Å². The first kappa shape index (κ1) is 18.9. The molecule has 2 aliphatic rings. The van der Waals surface area contributed by atoms with Gasteiger partial charge < -0.3 is 15.2 Å². The van der Waals surface area contributed by atoms with Crippen molar-refractivity contribution < 1.29 is 19.4 Å². The maximum absolute atomic E-state index is 12.2. The van der Waals surface area contributed by atoms with Crippen molar-refractivity contribution in [1.82, 2.24) is 5.32 Å². The van der Waals surface area contributed by atoms with Crippen LogP contribution in [0, 0.1) is 11.8 Å². The number of carboxylic acid groups (broad SMARTS) is 1. The number of aryl methyl sites for hydroxylation is 1. The van der Waals surface area contributed by atoms with Crippen LogP contribution in [0.5, 0.6) is 5.75 Å². The normalized spacial score (nSPS) is 21.1. The van der Waals surface area contributed by atoms with E-state index in [0.29, 0.717) is 25.9 Å². The molecule has 0 aromatic heterocycles. The fourth-order valence-corrected chi connectivity index (χ4v) is 4.10. The number of piperidine rings is 1. The predicted molar refractivity (Wildman–Crippen MR) is 99.5 cm³/mol. The number of carbonyl (C=O) groups excluding carboxylic acids is 1. The van der Waals surface area contributed by atoms with Gasteiger partial charge >= 0.3 is 5.97 Å². The first-order chi connectivity index (χ1) is 12.6. The van der Waals surface area contributed by atoms with E-state index < -0.39 is 11.9 Å². The van der Waals surface area contributed by atoms with Crippen LogP contribution in [-0.4, -0.2) is 36.6 Å². The van der Waals surface area contributed by atoms with Crippen LogP contribution in [-0.2, 0) is 22.4 Å². The Labute approximate surface area is 155 Å². The van der Waals surface area contributed by atoms with Crippen LogP contribution < -0.4 is 10.1 Å². The van der Waals surface area contributed by atoms with E-state index in [2.05, 4.69) is 5.32 Å². The minimum Gasteiger partial charge on any atom is -0.494 e. The molecule has 1 aromatic carbocycles. The molecule has 26 heavy (non-hydrogen) atoms. The Morgan fingerprint density at radius 1 is 1.19 bits per heavy atom. The molecule has 5 heteroatoms. The molecule has 0 bridgehead atoms. The van der Waals surface area contributed by atoms with Crippen molar-refractivity contribution in [3.05, 3.63) is 29.3 Å². The Bertz CT molecular complexity index is 637. The quantitative estimate of drug-likeness (QED) is 0.578. The lowest BCUT2D eigenvalue weighted by molar-refractivity contribution is -0.140. The van der Waals surface area contributed by atoms with Crippen LogP contribution >= 0.6 is 0 Å². The lowest BCUT2D eigenvalue weighted by atomic mass is 9.93. The van der Waals surface area contributed by atoms with Gasteiger partial charge in [-0.1, -0.05) is 6.07 Å². The summed E-state index contributed by atoms with van der Waals surface area (Å²) >= 11 is 0.